The number of hydrogen-bond donors (Lipinski definition) is 2. The summed E-state index contributed by atoms with van der Waals surface area (Å²) in [7, 11) is 0. The molecule has 0 bridgehead atoms. The van der Waals surface area contributed by atoms with Crippen LogP contribution in [0, 0.1) is 0 Å². The molecule has 9 heteroatoms. The molecule has 0 radical (unpaired) electrons. The number of carbonyl (C=O) groups excluding carboxylic acids is 1. The molecule has 1 aromatic carbocycles. The third-order valence-electron chi connectivity index (χ3n) is 3.41. The average molecular weight is 345 g/mol. The number of aromatic nitrogens is 4. The molecule has 0 aliphatic rings. The first-order valence-electron chi connectivity index (χ1n) is 7.18. The molecule has 2 heterocycles. The van der Waals surface area contributed by atoms with Gasteiger partial charge in [-0.1, -0.05) is 6.07 Å². The quantitative estimate of drug-likeness (QED) is 0.692. The molecule has 0 aliphatic carbocycles. The molecule has 8 nitrogen and oxygen atoms in total. The zero-order valence-corrected chi connectivity index (χ0v) is 13.4. The monoisotopic (exact) mass is 345 g/mol. The lowest BCUT2D eigenvalue weighted by molar-refractivity contribution is 0.0706. The third kappa shape index (κ3) is 3.42. The summed E-state index contributed by atoms with van der Waals surface area (Å²) in [6, 6.07) is 8.41. The molecule has 0 spiro atoms. The predicted octanol–water partition coefficient (Wildman–Crippen LogP) is 1.06. The molecule has 3 rings (SSSR count). The number of phenolic OH excluding ortho intramolecular Hbond substituents is 1. The summed E-state index contributed by atoms with van der Waals surface area (Å²) < 4.78 is 1.38. The molecule has 0 aliphatic heterocycles. The maximum absolute atomic E-state index is 12.7. The van der Waals surface area contributed by atoms with Crippen LogP contribution in [-0.4, -0.2) is 54.4 Å². The topological polar surface area (TPSA) is 104 Å². The Hall–Kier alpha value is -2.78. The first-order valence-corrected chi connectivity index (χ1v) is 8.06. The summed E-state index contributed by atoms with van der Waals surface area (Å²) in [6.07, 6.45) is 1.39. The Morgan fingerprint density at radius 2 is 2.21 bits per heavy atom. The third-order valence-corrected chi connectivity index (χ3v) is 4.27. The number of aliphatic hydroxyl groups excluding tert-OH is 1. The van der Waals surface area contributed by atoms with Crippen molar-refractivity contribution in [1.82, 2.24) is 25.1 Å². The first kappa shape index (κ1) is 16.1. The van der Waals surface area contributed by atoms with Gasteiger partial charge in [-0.2, -0.15) is 0 Å². The van der Waals surface area contributed by atoms with Crippen LogP contribution in [0.2, 0.25) is 0 Å². The highest BCUT2D eigenvalue weighted by molar-refractivity contribution is 7.09. The second-order valence-electron chi connectivity index (χ2n) is 4.99. The summed E-state index contributed by atoms with van der Waals surface area (Å²) in [5.74, 6) is -0.514. The van der Waals surface area contributed by atoms with Crippen molar-refractivity contribution < 1.29 is 15.0 Å². The molecule has 0 saturated carbocycles. The van der Waals surface area contributed by atoms with E-state index < -0.39 is 0 Å². The molecule has 124 valence electrons. The van der Waals surface area contributed by atoms with Crippen LogP contribution in [0.4, 0.5) is 0 Å². The Kier molecular flexibility index (Phi) is 4.82. The van der Waals surface area contributed by atoms with Crippen molar-refractivity contribution >= 4 is 17.2 Å². The molecule has 0 atom stereocenters. The van der Waals surface area contributed by atoms with Crippen molar-refractivity contribution in [3.05, 3.63) is 52.5 Å². The van der Waals surface area contributed by atoms with Crippen LogP contribution < -0.4 is 0 Å². The van der Waals surface area contributed by atoms with Gasteiger partial charge in [-0.15, -0.1) is 16.4 Å². The van der Waals surface area contributed by atoms with Gasteiger partial charge in [0.25, 0.3) is 5.91 Å². The number of aliphatic hydroxyl groups is 1. The highest BCUT2D eigenvalue weighted by atomic mass is 32.1. The van der Waals surface area contributed by atoms with E-state index >= 15 is 0 Å². The van der Waals surface area contributed by atoms with E-state index in [1.807, 2.05) is 17.5 Å². The maximum Gasteiger partial charge on any atom is 0.258 e. The second kappa shape index (κ2) is 7.20. The zero-order valence-electron chi connectivity index (χ0n) is 12.6. The van der Waals surface area contributed by atoms with E-state index in [0.717, 1.165) is 4.88 Å². The molecular formula is C15H15N5O3S. The Labute approximate surface area is 141 Å². The van der Waals surface area contributed by atoms with Crippen molar-refractivity contribution in [3.63, 3.8) is 0 Å². The molecule has 24 heavy (non-hydrogen) atoms. The van der Waals surface area contributed by atoms with Gasteiger partial charge in [0.05, 0.1) is 24.4 Å². The average Bonchev–Trinajstić information content (AvgIpc) is 3.27. The van der Waals surface area contributed by atoms with Gasteiger partial charge < -0.3 is 15.1 Å². The van der Waals surface area contributed by atoms with Gasteiger partial charge >= 0.3 is 0 Å². The van der Waals surface area contributed by atoms with E-state index in [1.165, 1.54) is 39.4 Å². The highest BCUT2D eigenvalue weighted by Gasteiger charge is 2.20. The van der Waals surface area contributed by atoms with Gasteiger partial charge in [-0.25, -0.2) is 4.68 Å². The summed E-state index contributed by atoms with van der Waals surface area (Å²) in [5.41, 5.74) is 0.706. The van der Waals surface area contributed by atoms with E-state index in [9.17, 15) is 15.0 Å². The van der Waals surface area contributed by atoms with Gasteiger partial charge in [-0.3, -0.25) is 4.79 Å². The van der Waals surface area contributed by atoms with Crippen LogP contribution in [0.3, 0.4) is 0 Å². The summed E-state index contributed by atoms with van der Waals surface area (Å²) in [4.78, 5) is 15.2. The van der Waals surface area contributed by atoms with E-state index in [0.29, 0.717) is 12.2 Å². The van der Waals surface area contributed by atoms with E-state index in [-0.39, 0.29) is 30.4 Å². The van der Waals surface area contributed by atoms with Crippen LogP contribution in [0.15, 0.2) is 42.0 Å². The van der Waals surface area contributed by atoms with Crippen molar-refractivity contribution in [1.29, 1.82) is 0 Å². The number of nitrogens with zero attached hydrogens (tertiary/aromatic N) is 5. The lowest BCUT2D eigenvalue weighted by Gasteiger charge is -2.21. The summed E-state index contributed by atoms with van der Waals surface area (Å²) in [5, 5.41) is 32.2. The number of thiophene rings is 1. The summed E-state index contributed by atoms with van der Waals surface area (Å²) in [6.45, 7) is 0.413. The summed E-state index contributed by atoms with van der Waals surface area (Å²) >= 11 is 1.53. The van der Waals surface area contributed by atoms with Gasteiger partial charge in [0.15, 0.2) is 0 Å². The highest BCUT2D eigenvalue weighted by Crippen LogP contribution is 2.23. The Morgan fingerprint density at radius 3 is 2.83 bits per heavy atom. The molecule has 2 N–H and O–H groups in total. The number of rotatable bonds is 6. The normalized spacial score (nSPS) is 10.7. The van der Waals surface area contributed by atoms with Crippen LogP contribution in [0.1, 0.15) is 15.2 Å². The Morgan fingerprint density at radius 1 is 1.33 bits per heavy atom. The van der Waals surface area contributed by atoms with Gasteiger partial charge in [0.1, 0.15) is 12.1 Å². The van der Waals surface area contributed by atoms with Crippen LogP contribution >= 0.6 is 11.3 Å². The van der Waals surface area contributed by atoms with E-state index in [1.54, 1.807) is 6.07 Å². The fourth-order valence-corrected chi connectivity index (χ4v) is 2.98. The van der Waals surface area contributed by atoms with Crippen molar-refractivity contribution in [2.45, 2.75) is 6.54 Å². The lowest BCUT2D eigenvalue weighted by atomic mass is 10.1. The van der Waals surface area contributed by atoms with Crippen molar-refractivity contribution in [2.75, 3.05) is 13.2 Å². The van der Waals surface area contributed by atoms with Crippen LogP contribution in [-0.2, 0) is 6.54 Å². The molecule has 0 unspecified atom stereocenters. The minimum Gasteiger partial charge on any atom is -0.507 e. The molecule has 3 aromatic rings. The van der Waals surface area contributed by atoms with Gasteiger partial charge in [0, 0.05) is 17.5 Å². The number of benzene rings is 1. The Balaban J connectivity index is 1.84. The van der Waals surface area contributed by atoms with Crippen LogP contribution in [0.5, 0.6) is 5.75 Å². The number of amides is 1. The zero-order chi connectivity index (χ0) is 16.9. The molecular weight excluding hydrogens is 330 g/mol. The Bertz CT molecular complexity index is 805. The SMILES string of the molecule is O=C(c1ccc(-n2cnnn2)cc1O)N(CCO)Cc1cccs1. The fraction of sp³-hybridized carbons (Fsp3) is 0.200. The van der Waals surface area contributed by atoms with Crippen LogP contribution in [0.25, 0.3) is 5.69 Å². The van der Waals surface area contributed by atoms with Gasteiger partial charge in [-0.05, 0) is 34.0 Å². The van der Waals surface area contributed by atoms with Crippen molar-refractivity contribution in [2.24, 2.45) is 0 Å². The fourth-order valence-electron chi connectivity index (χ4n) is 2.26. The predicted molar refractivity (Wildman–Crippen MR) is 87.0 cm³/mol. The number of tetrazole rings is 1. The molecule has 0 saturated heterocycles. The number of hydrogen-bond acceptors (Lipinski definition) is 7. The maximum atomic E-state index is 12.7. The minimum atomic E-state index is -0.349. The standard InChI is InChI=1S/C15H15N5O3S/c21-6-5-19(9-12-2-1-7-24-12)15(23)13-4-3-11(8-14(13)22)20-10-16-17-18-20/h1-4,7-8,10,21-22H,5-6,9H2. The van der Waals surface area contributed by atoms with E-state index in [2.05, 4.69) is 15.5 Å². The molecule has 0 fully saturated rings. The number of carbonyl (C=O) groups is 1. The molecule has 2 aromatic heterocycles. The number of phenols is 1. The number of aromatic hydroxyl groups is 1. The second-order valence-corrected chi connectivity index (χ2v) is 6.02. The smallest absolute Gasteiger partial charge is 0.258 e. The lowest BCUT2D eigenvalue weighted by Crippen LogP contribution is -2.32. The van der Waals surface area contributed by atoms with Gasteiger partial charge in [0.2, 0.25) is 0 Å². The first-order chi connectivity index (χ1) is 11.7. The van der Waals surface area contributed by atoms with E-state index in [4.69, 9.17) is 0 Å². The minimum absolute atomic E-state index is 0.152. The molecule has 1 amide bonds. The van der Waals surface area contributed by atoms with Crippen molar-refractivity contribution in [3.8, 4) is 11.4 Å². The largest absolute Gasteiger partial charge is 0.507 e.